The number of rotatable bonds is 6. The van der Waals surface area contributed by atoms with Crippen LogP contribution in [0.3, 0.4) is 0 Å². The summed E-state index contributed by atoms with van der Waals surface area (Å²) in [5, 5.41) is 7.68. The molecular formula is C21H19FN6. The minimum absolute atomic E-state index is 0.166. The van der Waals surface area contributed by atoms with Crippen LogP contribution in [0.15, 0.2) is 73.4 Å². The van der Waals surface area contributed by atoms with Crippen LogP contribution in [0.5, 0.6) is 0 Å². The molecule has 0 spiro atoms. The van der Waals surface area contributed by atoms with Gasteiger partial charge in [-0.15, -0.1) is 0 Å². The first-order valence-corrected chi connectivity index (χ1v) is 8.97. The van der Waals surface area contributed by atoms with Crippen molar-refractivity contribution < 1.29 is 4.39 Å². The highest BCUT2D eigenvalue weighted by molar-refractivity contribution is 5.58. The second-order valence-corrected chi connectivity index (χ2v) is 6.52. The number of hydrogen-bond donors (Lipinski definition) is 1. The zero-order chi connectivity index (χ0) is 19.3. The van der Waals surface area contributed by atoms with Gasteiger partial charge in [0.05, 0.1) is 17.6 Å². The quantitative estimate of drug-likeness (QED) is 0.554. The van der Waals surface area contributed by atoms with Gasteiger partial charge in [0.25, 0.3) is 0 Å². The molecule has 7 heteroatoms. The summed E-state index contributed by atoms with van der Waals surface area (Å²) in [5.41, 5.74) is 3.61. The number of hydrogen-bond acceptors (Lipinski definition) is 5. The SMILES string of the molecule is C[C@H](Cc1ccncc1)Nc1nccc(-c2cnn(-c3ccc(F)cc3)c2)n1. The van der Waals surface area contributed by atoms with E-state index in [0.717, 1.165) is 23.4 Å². The summed E-state index contributed by atoms with van der Waals surface area (Å²) in [6.45, 7) is 2.09. The average Bonchev–Trinajstić information content (AvgIpc) is 3.20. The molecule has 28 heavy (non-hydrogen) atoms. The molecule has 0 aliphatic heterocycles. The molecule has 4 aromatic rings. The van der Waals surface area contributed by atoms with E-state index in [2.05, 4.69) is 32.3 Å². The number of benzene rings is 1. The van der Waals surface area contributed by atoms with Gasteiger partial charge in [0.2, 0.25) is 5.95 Å². The van der Waals surface area contributed by atoms with Gasteiger partial charge in [0, 0.05) is 36.4 Å². The Labute approximate surface area is 162 Å². The van der Waals surface area contributed by atoms with Crippen molar-refractivity contribution in [2.45, 2.75) is 19.4 Å². The Bertz CT molecular complexity index is 1050. The molecule has 0 radical (unpaired) electrons. The third-order valence-corrected chi connectivity index (χ3v) is 4.29. The maximum atomic E-state index is 13.1. The summed E-state index contributed by atoms with van der Waals surface area (Å²) in [5.74, 6) is 0.289. The highest BCUT2D eigenvalue weighted by atomic mass is 19.1. The van der Waals surface area contributed by atoms with Crippen LogP contribution in [-0.4, -0.2) is 30.8 Å². The summed E-state index contributed by atoms with van der Waals surface area (Å²) in [6, 6.07) is 12.2. The fourth-order valence-electron chi connectivity index (χ4n) is 2.92. The van der Waals surface area contributed by atoms with Gasteiger partial charge in [-0.3, -0.25) is 4.98 Å². The third-order valence-electron chi connectivity index (χ3n) is 4.29. The van der Waals surface area contributed by atoms with Crippen molar-refractivity contribution in [2.75, 3.05) is 5.32 Å². The van der Waals surface area contributed by atoms with E-state index in [1.807, 2.05) is 24.4 Å². The van der Waals surface area contributed by atoms with Crippen LogP contribution in [0.2, 0.25) is 0 Å². The van der Waals surface area contributed by atoms with Crippen LogP contribution < -0.4 is 5.32 Å². The van der Waals surface area contributed by atoms with E-state index >= 15 is 0 Å². The van der Waals surface area contributed by atoms with Gasteiger partial charge in [0.1, 0.15) is 5.82 Å². The third kappa shape index (κ3) is 4.20. The molecule has 0 aliphatic carbocycles. The largest absolute Gasteiger partial charge is 0.351 e. The minimum atomic E-state index is -0.275. The van der Waals surface area contributed by atoms with Crippen LogP contribution >= 0.6 is 0 Å². The van der Waals surface area contributed by atoms with Crippen LogP contribution in [0, 0.1) is 5.82 Å². The molecule has 0 saturated carbocycles. The van der Waals surface area contributed by atoms with Crippen molar-refractivity contribution in [2.24, 2.45) is 0 Å². The molecule has 4 rings (SSSR count). The molecule has 1 atom stereocenters. The number of aromatic nitrogens is 5. The first kappa shape index (κ1) is 17.8. The van der Waals surface area contributed by atoms with Crippen molar-refractivity contribution in [3.63, 3.8) is 0 Å². The second-order valence-electron chi connectivity index (χ2n) is 6.52. The fourth-order valence-corrected chi connectivity index (χ4v) is 2.92. The Hall–Kier alpha value is -3.61. The zero-order valence-corrected chi connectivity index (χ0v) is 15.3. The Morgan fingerprint density at radius 2 is 1.82 bits per heavy atom. The molecule has 0 saturated heterocycles. The second kappa shape index (κ2) is 7.96. The van der Waals surface area contributed by atoms with Gasteiger partial charge in [-0.2, -0.15) is 5.10 Å². The summed E-state index contributed by atoms with van der Waals surface area (Å²) in [7, 11) is 0. The van der Waals surface area contributed by atoms with E-state index in [9.17, 15) is 4.39 Å². The maximum absolute atomic E-state index is 13.1. The maximum Gasteiger partial charge on any atom is 0.223 e. The summed E-state index contributed by atoms with van der Waals surface area (Å²) in [6.07, 6.45) is 9.74. The first-order chi connectivity index (χ1) is 13.7. The predicted octanol–water partition coefficient (Wildman–Crippen LogP) is 3.91. The van der Waals surface area contributed by atoms with Gasteiger partial charge < -0.3 is 5.32 Å². The molecule has 3 heterocycles. The van der Waals surface area contributed by atoms with Crippen LogP contribution in [0.1, 0.15) is 12.5 Å². The number of anilines is 1. The van der Waals surface area contributed by atoms with Crippen LogP contribution in [0.4, 0.5) is 10.3 Å². The lowest BCUT2D eigenvalue weighted by atomic mass is 10.1. The van der Waals surface area contributed by atoms with Crippen molar-refractivity contribution in [3.05, 3.63) is 84.8 Å². The molecule has 3 aromatic heterocycles. The smallest absolute Gasteiger partial charge is 0.223 e. The molecule has 0 amide bonds. The van der Waals surface area contributed by atoms with E-state index in [1.165, 1.54) is 17.7 Å². The van der Waals surface area contributed by atoms with Gasteiger partial charge in [-0.25, -0.2) is 19.0 Å². The van der Waals surface area contributed by atoms with Crippen LogP contribution in [-0.2, 0) is 6.42 Å². The number of nitrogens with one attached hydrogen (secondary N) is 1. The van der Waals surface area contributed by atoms with Gasteiger partial charge in [-0.1, -0.05) is 0 Å². The molecule has 0 fully saturated rings. The van der Waals surface area contributed by atoms with E-state index in [-0.39, 0.29) is 11.9 Å². The number of halogens is 1. The summed E-state index contributed by atoms with van der Waals surface area (Å²) < 4.78 is 14.8. The van der Waals surface area contributed by atoms with Crippen molar-refractivity contribution >= 4 is 5.95 Å². The molecule has 140 valence electrons. The van der Waals surface area contributed by atoms with Crippen molar-refractivity contribution in [3.8, 4) is 16.9 Å². The van der Waals surface area contributed by atoms with Crippen molar-refractivity contribution in [1.82, 2.24) is 24.7 Å². The van der Waals surface area contributed by atoms with Gasteiger partial charge in [-0.05, 0) is 61.4 Å². The topological polar surface area (TPSA) is 68.5 Å². The van der Waals surface area contributed by atoms with E-state index in [0.29, 0.717) is 5.95 Å². The Morgan fingerprint density at radius 3 is 2.61 bits per heavy atom. The van der Waals surface area contributed by atoms with E-state index in [4.69, 9.17) is 0 Å². The molecule has 1 aromatic carbocycles. The normalized spacial score (nSPS) is 11.9. The number of nitrogens with zero attached hydrogens (tertiary/aromatic N) is 5. The Balaban J connectivity index is 1.48. The van der Waals surface area contributed by atoms with E-state index in [1.54, 1.807) is 41.6 Å². The molecule has 6 nitrogen and oxygen atoms in total. The highest BCUT2D eigenvalue weighted by Gasteiger charge is 2.09. The van der Waals surface area contributed by atoms with Gasteiger partial charge in [0.15, 0.2) is 0 Å². The number of pyridine rings is 1. The summed E-state index contributed by atoms with van der Waals surface area (Å²) >= 11 is 0. The lowest BCUT2D eigenvalue weighted by molar-refractivity contribution is 0.627. The molecule has 1 N–H and O–H groups in total. The predicted molar refractivity (Wildman–Crippen MR) is 106 cm³/mol. The Morgan fingerprint density at radius 1 is 1.04 bits per heavy atom. The lowest BCUT2D eigenvalue weighted by Gasteiger charge is -2.14. The summed E-state index contributed by atoms with van der Waals surface area (Å²) in [4.78, 5) is 13.0. The van der Waals surface area contributed by atoms with E-state index < -0.39 is 0 Å². The Kier molecular flexibility index (Phi) is 5.05. The fraction of sp³-hybridized carbons (Fsp3) is 0.143. The van der Waals surface area contributed by atoms with Crippen LogP contribution in [0.25, 0.3) is 16.9 Å². The first-order valence-electron chi connectivity index (χ1n) is 8.97. The average molecular weight is 374 g/mol. The lowest BCUT2D eigenvalue weighted by Crippen LogP contribution is -2.19. The van der Waals surface area contributed by atoms with Crippen molar-refractivity contribution in [1.29, 1.82) is 0 Å². The highest BCUT2D eigenvalue weighted by Crippen LogP contribution is 2.19. The zero-order valence-electron chi connectivity index (χ0n) is 15.3. The molecule has 0 bridgehead atoms. The molecular weight excluding hydrogens is 355 g/mol. The molecule has 0 unspecified atom stereocenters. The molecule has 0 aliphatic rings. The van der Waals surface area contributed by atoms with Gasteiger partial charge >= 0.3 is 0 Å². The standard InChI is InChI=1S/C21H19FN6/c1-15(12-16-6-9-23-10-7-16)26-21-24-11-8-20(27-21)17-13-25-28(14-17)19-4-2-18(22)3-5-19/h2-11,13-15H,12H2,1H3,(H,24,26,27)/t15-/m1/s1. The monoisotopic (exact) mass is 374 g/mol. The minimum Gasteiger partial charge on any atom is -0.351 e.